The standard InChI is InChI=1S/C32H33N3O3/c1-23(2)38-28-8-5-6-25(18-28)11-10-24-14-16-35(17-15-24)32(36)22-37-31-13-12-26(20-33)19-30(31)29-9-4-3-7-27(29)21-34/h3-9,12-13,18-19,23-24H,10-11,14-17,22H2,1-2H3. The molecule has 0 aliphatic carbocycles. The Kier molecular flexibility index (Phi) is 9.01. The number of aryl methyl sites for hydroxylation is 1. The van der Waals surface area contributed by atoms with E-state index in [9.17, 15) is 15.3 Å². The fraction of sp³-hybridized carbons (Fsp3) is 0.344. The molecule has 0 saturated carbocycles. The van der Waals surface area contributed by atoms with Gasteiger partial charge in [-0.2, -0.15) is 10.5 Å². The Morgan fingerprint density at radius 1 is 0.974 bits per heavy atom. The zero-order valence-electron chi connectivity index (χ0n) is 22.0. The van der Waals surface area contributed by atoms with E-state index >= 15 is 0 Å². The molecular weight excluding hydrogens is 474 g/mol. The average Bonchev–Trinajstić information content (AvgIpc) is 2.95. The number of hydrogen-bond acceptors (Lipinski definition) is 5. The summed E-state index contributed by atoms with van der Waals surface area (Å²) in [5.74, 6) is 1.94. The summed E-state index contributed by atoms with van der Waals surface area (Å²) in [4.78, 5) is 14.8. The van der Waals surface area contributed by atoms with Crippen LogP contribution >= 0.6 is 0 Å². The number of rotatable bonds is 9. The number of likely N-dealkylation sites (tertiary alicyclic amines) is 1. The smallest absolute Gasteiger partial charge is 0.260 e. The van der Waals surface area contributed by atoms with Crippen LogP contribution in [0, 0.1) is 28.6 Å². The van der Waals surface area contributed by atoms with E-state index in [0.717, 1.165) is 44.5 Å². The van der Waals surface area contributed by atoms with Gasteiger partial charge in [-0.1, -0.05) is 30.3 Å². The van der Waals surface area contributed by atoms with Crippen molar-refractivity contribution in [2.45, 2.75) is 45.6 Å². The fourth-order valence-electron chi connectivity index (χ4n) is 4.87. The summed E-state index contributed by atoms with van der Waals surface area (Å²) in [5, 5.41) is 18.9. The van der Waals surface area contributed by atoms with E-state index in [1.165, 1.54) is 5.56 Å². The van der Waals surface area contributed by atoms with Crippen LogP contribution < -0.4 is 9.47 Å². The van der Waals surface area contributed by atoms with Crippen molar-refractivity contribution < 1.29 is 14.3 Å². The normalized spacial score (nSPS) is 13.6. The number of carbonyl (C=O) groups excluding carboxylic acids is 1. The first-order valence-electron chi connectivity index (χ1n) is 13.2. The van der Waals surface area contributed by atoms with Crippen LogP contribution in [-0.4, -0.2) is 36.6 Å². The highest BCUT2D eigenvalue weighted by molar-refractivity contribution is 5.80. The van der Waals surface area contributed by atoms with Gasteiger partial charge in [-0.25, -0.2) is 0 Å². The maximum absolute atomic E-state index is 13.0. The van der Waals surface area contributed by atoms with Crippen molar-refractivity contribution in [2.24, 2.45) is 5.92 Å². The summed E-state index contributed by atoms with van der Waals surface area (Å²) in [6.45, 7) is 5.43. The van der Waals surface area contributed by atoms with Crippen LogP contribution in [0.2, 0.25) is 0 Å². The number of carbonyl (C=O) groups is 1. The van der Waals surface area contributed by atoms with E-state index < -0.39 is 0 Å². The lowest BCUT2D eigenvalue weighted by molar-refractivity contribution is -0.134. The molecule has 0 bridgehead atoms. The summed E-state index contributed by atoms with van der Waals surface area (Å²) < 4.78 is 11.8. The minimum Gasteiger partial charge on any atom is -0.491 e. The van der Waals surface area contributed by atoms with Crippen LogP contribution in [0.25, 0.3) is 11.1 Å². The lowest BCUT2D eigenvalue weighted by Gasteiger charge is -2.32. The highest BCUT2D eigenvalue weighted by Crippen LogP contribution is 2.33. The van der Waals surface area contributed by atoms with E-state index in [4.69, 9.17) is 9.47 Å². The van der Waals surface area contributed by atoms with Gasteiger partial charge >= 0.3 is 0 Å². The van der Waals surface area contributed by atoms with Crippen LogP contribution in [0.15, 0.2) is 66.7 Å². The molecule has 1 aliphatic rings. The predicted octanol–water partition coefficient (Wildman–Crippen LogP) is 6.13. The first kappa shape index (κ1) is 26.8. The number of hydrogen-bond donors (Lipinski definition) is 0. The van der Waals surface area contributed by atoms with Gasteiger partial charge in [0.2, 0.25) is 0 Å². The second-order valence-electron chi connectivity index (χ2n) is 9.95. The number of nitrogens with zero attached hydrogens (tertiary/aromatic N) is 3. The molecule has 1 amide bonds. The molecule has 0 spiro atoms. The third kappa shape index (κ3) is 6.93. The fourth-order valence-corrected chi connectivity index (χ4v) is 4.87. The summed E-state index contributed by atoms with van der Waals surface area (Å²) in [5.41, 5.74) is 3.55. The van der Waals surface area contributed by atoms with E-state index in [0.29, 0.717) is 33.9 Å². The van der Waals surface area contributed by atoms with Crippen molar-refractivity contribution in [3.05, 3.63) is 83.4 Å². The third-order valence-electron chi connectivity index (χ3n) is 6.88. The Labute approximate surface area is 225 Å². The predicted molar refractivity (Wildman–Crippen MR) is 147 cm³/mol. The number of amides is 1. The molecule has 1 saturated heterocycles. The molecule has 194 valence electrons. The number of benzene rings is 3. The van der Waals surface area contributed by atoms with Crippen molar-refractivity contribution in [1.29, 1.82) is 10.5 Å². The molecule has 1 aliphatic heterocycles. The van der Waals surface area contributed by atoms with Crippen LogP contribution in [-0.2, 0) is 11.2 Å². The quantitative estimate of drug-likeness (QED) is 0.347. The molecule has 6 heteroatoms. The molecule has 0 atom stereocenters. The molecule has 1 fully saturated rings. The molecule has 4 rings (SSSR count). The molecule has 3 aromatic carbocycles. The van der Waals surface area contributed by atoms with Gasteiger partial charge in [0.05, 0.1) is 29.4 Å². The van der Waals surface area contributed by atoms with Gasteiger partial charge < -0.3 is 14.4 Å². The second-order valence-corrected chi connectivity index (χ2v) is 9.95. The van der Waals surface area contributed by atoms with Crippen LogP contribution in [0.1, 0.15) is 49.8 Å². The van der Waals surface area contributed by atoms with Crippen molar-refractivity contribution in [3.8, 4) is 34.8 Å². The molecule has 0 unspecified atom stereocenters. The number of ether oxygens (including phenoxy) is 2. The average molecular weight is 508 g/mol. The molecule has 6 nitrogen and oxygen atoms in total. The van der Waals surface area contributed by atoms with Crippen molar-refractivity contribution in [1.82, 2.24) is 4.90 Å². The molecular formula is C32H33N3O3. The van der Waals surface area contributed by atoms with Gasteiger partial charge in [0.25, 0.3) is 5.91 Å². The molecule has 0 radical (unpaired) electrons. The Bertz CT molecular complexity index is 1340. The Morgan fingerprint density at radius 3 is 2.50 bits per heavy atom. The number of nitriles is 2. The maximum atomic E-state index is 13.0. The topological polar surface area (TPSA) is 86.3 Å². The molecule has 0 aromatic heterocycles. The van der Waals surface area contributed by atoms with Gasteiger partial charge in [-0.3, -0.25) is 4.79 Å². The van der Waals surface area contributed by atoms with Crippen LogP contribution in [0.3, 0.4) is 0 Å². The van der Waals surface area contributed by atoms with Gasteiger partial charge in [0.1, 0.15) is 11.5 Å². The first-order valence-corrected chi connectivity index (χ1v) is 13.2. The van der Waals surface area contributed by atoms with Gasteiger partial charge in [0, 0.05) is 24.2 Å². The van der Waals surface area contributed by atoms with Gasteiger partial charge in [0.15, 0.2) is 6.61 Å². The molecule has 3 aromatic rings. The SMILES string of the molecule is CC(C)Oc1cccc(CCC2CCN(C(=O)COc3ccc(C#N)cc3-c3ccccc3C#N)CC2)c1. The summed E-state index contributed by atoms with van der Waals surface area (Å²) >= 11 is 0. The van der Waals surface area contributed by atoms with E-state index in [-0.39, 0.29) is 18.6 Å². The van der Waals surface area contributed by atoms with E-state index in [1.807, 2.05) is 43.0 Å². The molecule has 1 heterocycles. The van der Waals surface area contributed by atoms with Crippen LogP contribution in [0.5, 0.6) is 11.5 Å². The first-order chi connectivity index (χ1) is 18.5. The minimum atomic E-state index is -0.0824. The highest BCUT2D eigenvalue weighted by Gasteiger charge is 2.23. The zero-order chi connectivity index (χ0) is 26.9. The molecule has 38 heavy (non-hydrogen) atoms. The van der Waals surface area contributed by atoms with Crippen molar-refractivity contribution >= 4 is 5.91 Å². The largest absolute Gasteiger partial charge is 0.491 e. The molecule has 0 N–H and O–H groups in total. The maximum Gasteiger partial charge on any atom is 0.260 e. The Hall–Kier alpha value is -4.29. The highest BCUT2D eigenvalue weighted by atomic mass is 16.5. The summed E-state index contributed by atoms with van der Waals surface area (Å²) in [7, 11) is 0. The van der Waals surface area contributed by atoms with E-state index in [1.54, 1.807) is 30.3 Å². The minimum absolute atomic E-state index is 0.0501. The Balaban J connectivity index is 1.31. The van der Waals surface area contributed by atoms with E-state index in [2.05, 4.69) is 24.3 Å². The van der Waals surface area contributed by atoms with Crippen molar-refractivity contribution in [2.75, 3.05) is 19.7 Å². The Morgan fingerprint density at radius 2 is 1.76 bits per heavy atom. The monoisotopic (exact) mass is 507 g/mol. The summed E-state index contributed by atoms with van der Waals surface area (Å²) in [6.07, 6.45) is 4.21. The van der Waals surface area contributed by atoms with Crippen molar-refractivity contribution in [3.63, 3.8) is 0 Å². The van der Waals surface area contributed by atoms with Crippen LogP contribution in [0.4, 0.5) is 0 Å². The second kappa shape index (κ2) is 12.8. The summed E-state index contributed by atoms with van der Waals surface area (Å²) in [6, 6.07) is 24.9. The van der Waals surface area contributed by atoms with Gasteiger partial charge in [-0.05, 0) is 87.4 Å². The lowest BCUT2D eigenvalue weighted by atomic mass is 9.90. The number of piperidine rings is 1. The lowest BCUT2D eigenvalue weighted by Crippen LogP contribution is -2.41. The third-order valence-corrected chi connectivity index (χ3v) is 6.88. The van der Waals surface area contributed by atoms with Gasteiger partial charge in [-0.15, -0.1) is 0 Å². The zero-order valence-corrected chi connectivity index (χ0v) is 22.0.